The van der Waals surface area contributed by atoms with Gasteiger partial charge in [-0.2, -0.15) is 8.42 Å². The average Bonchev–Trinajstić information content (AvgIpc) is 2.89. The predicted molar refractivity (Wildman–Crippen MR) is 58.0 cm³/mol. The highest BCUT2D eigenvalue weighted by atomic mass is 32.2. The Morgan fingerprint density at radius 1 is 1.29 bits per heavy atom. The molecule has 98 valence electrons. The van der Waals surface area contributed by atoms with Gasteiger partial charge in [-0.15, -0.1) is 0 Å². The third-order valence-corrected chi connectivity index (χ3v) is 4.83. The van der Waals surface area contributed by atoms with Gasteiger partial charge in [0.15, 0.2) is 0 Å². The molecule has 0 aromatic rings. The molecule has 1 saturated heterocycles. The van der Waals surface area contributed by atoms with Crippen molar-refractivity contribution < 1.29 is 26.9 Å². The Morgan fingerprint density at radius 3 is 2.59 bits per heavy atom. The van der Waals surface area contributed by atoms with Gasteiger partial charge in [-0.1, -0.05) is 12.8 Å². The summed E-state index contributed by atoms with van der Waals surface area (Å²) in [4.78, 5) is 10.6. The third kappa shape index (κ3) is 3.32. The van der Waals surface area contributed by atoms with Gasteiger partial charge in [-0.3, -0.25) is 4.18 Å². The van der Waals surface area contributed by atoms with Crippen LogP contribution in [0.15, 0.2) is 0 Å². The zero-order valence-electron chi connectivity index (χ0n) is 9.46. The monoisotopic (exact) mass is 264 g/mol. The Balaban J connectivity index is 1.72. The van der Waals surface area contributed by atoms with Crippen LogP contribution >= 0.6 is 0 Å². The Hall–Kier alpha value is -0.820. The summed E-state index contributed by atoms with van der Waals surface area (Å²) >= 11 is 0. The fourth-order valence-corrected chi connectivity index (χ4v) is 3.51. The molecule has 0 spiro atoms. The highest BCUT2D eigenvalue weighted by Gasteiger charge is 2.30. The first kappa shape index (κ1) is 12.6. The number of cyclic esters (lactones) is 2. The molecule has 1 unspecified atom stereocenters. The molecule has 0 radical (unpaired) electrons. The van der Waals surface area contributed by atoms with Crippen LogP contribution in [0.2, 0.25) is 0 Å². The van der Waals surface area contributed by atoms with E-state index in [4.69, 9.17) is 8.92 Å². The topological polar surface area (TPSA) is 78.9 Å². The number of carbonyl (C=O) groups excluding carboxylic acids is 1. The van der Waals surface area contributed by atoms with Gasteiger partial charge in [0.2, 0.25) is 0 Å². The quantitative estimate of drug-likeness (QED) is 0.548. The van der Waals surface area contributed by atoms with E-state index >= 15 is 0 Å². The molecule has 1 aliphatic heterocycles. The normalized spacial score (nSPS) is 25.9. The summed E-state index contributed by atoms with van der Waals surface area (Å²) in [6.45, 7) is 0.214. The van der Waals surface area contributed by atoms with E-state index in [2.05, 4.69) is 4.74 Å². The van der Waals surface area contributed by atoms with Gasteiger partial charge in [0.05, 0.1) is 11.9 Å². The zero-order valence-corrected chi connectivity index (χ0v) is 10.3. The van der Waals surface area contributed by atoms with Gasteiger partial charge < -0.3 is 9.47 Å². The SMILES string of the molecule is O=C1OCC(CCOS(=O)(=O)C2CCCC2)O1. The molecule has 0 aromatic carbocycles. The van der Waals surface area contributed by atoms with E-state index in [-0.39, 0.29) is 24.6 Å². The van der Waals surface area contributed by atoms with Crippen molar-refractivity contribution in [3.05, 3.63) is 0 Å². The van der Waals surface area contributed by atoms with Gasteiger partial charge in [0.1, 0.15) is 12.7 Å². The van der Waals surface area contributed by atoms with Crippen LogP contribution in [0.5, 0.6) is 0 Å². The van der Waals surface area contributed by atoms with E-state index in [1.165, 1.54) is 0 Å². The van der Waals surface area contributed by atoms with Gasteiger partial charge >= 0.3 is 6.16 Å². The molecule has 1 heterocycles. The lowest BCUT2D eigenvalue weighted by Crippen LogP contribution is -2.23. The van der Waals surface area contributed by atoms with E-state index in [0.29, 0.717) is 19.3 Å². The maximum atomic E-state index is 11.7. The summed E-state index contributed by atoms with van der Waals surface area (Å²) in [6, 6.07) is 0. The van der Waals surface area contributed by atoms with Crippen molar-refractivity contribution in [1.82, 2.24) is 0 Å². The molecule has 0 bridgehead atoms. The van der Waals surface area contributed by atoms with E-state index in [9.17, 15) is 13.2 Å². The van der Waals surface area contributed by atoms with Gasteiger partial charge in [0.25, 0.3) is 10.1 Å². The van der Waals surface area contributed by atoms with Crippen molar-refractivity contribution in [3.8, 4) is 0 Å². The number of rotatable bonds is 5. The first-order valence-electron chi connectivity index (χ1n) is 5.79. The number of hydrogen-bond acceptors (Lipinski definition) is 6. The standard InChI is InChI=1S/C10H16O6S/c11-10-14-7-8(16-10)5-6-15-17(12,13)9-3-1-2-4-9/h8-9H,1-7H2. The fraction of sp³-hybridized carbons (Fsp3) is 0.900. The number of carbonyl (C=O) groups is 1. The summed E-state index contributed by atoms with van der Waals surface area (Å²) in [5.41, 5.74) is 0. The second kappa shape index (κ2) is 5.22. The molecular weight excluding hydrogens is 248 g/mol. The Morgan fingerprint density at radius 2 is 2.00 bits per heavy atom. The van der Waals surface area contributed by atoms with Crippen molar-refractivity contribution in [2.24, 2.45) is 0 Å². The minimum absolute atomic E-state index is 0.0418. The van der Waals surface area contributed by atoms with Gasteiger partial charge in [0, 0.05) is 6.42 Å². The van der Waals surface area contributed by atoms with E-state index in [1.54, 1.807) is 0 Å². The second-order valence-electron chi connectivity index (χ2n) is 4.31. The molecule has 0 aromatic heterocycles. The third-order valence-electron chi connectivity index (χ3n) is 3.05. The first-order chi connectivity index (χ1) is 8.08. The molecule has 17 heavy (non-hydrogen) atoms. The molecule has 6 nitrogen and oxygen atoms in total. The highest BCUT2D eigenvalue weighted by Crippen LogP contribution is 2.25. The number of ether oxygens (including phenoxy) is 2. The van der Waals surface area contributed by atoms with E-state index in [1.807, 2.05) is 0 Å². The molecule has 2 rings (SSSR count). The Kier molecular flexibility index (Phi) is 3.88. The van der Waals surface area contributed by atoms with E-state index < -0.39 is 16.3 Å². The van der Waals surface area contributed by atoms with Gasteiger partial charge in [-0.25, -0.2) is 4.79 Å². The summed E-state index contributed by atoms with van der Waals surface area (Å²) in [5, 5.41) is -0.357. The molecule has 1 aliphatic carbocycles. The molecule has 1 atom stereocenters. The second-order valence-corrected chi connectivity index (χ2v) is 6.20. The lowest BCUT2D eigenvalue weighted by atomic mass is 10.3. The molecule has 2 fully saturated rings. The van der Waals surface area contributed by atoms with Crippen molar-refractivity contribution in [3.63, 3.8) is 0 Å². The minimum Gasteiger partial charge on any atom is -0.430 e. The molecule has 0 N–H and O–H groups in total. The molecule has 2 aliphatic rings. The maximum absolute atomic E-state index is 11.7. The van der Waals surface area contributed by atoms with Crippen LogP contribution in [0, 0.1) is 0 Å². The van der Waals surface area contributed by atoms with Crippen LogP contribution in [0.3, 0.4) is 0 Å². The van der Waals surface area contributed by atoms with Gasteiger partial charge in [-0.05, 0) is 12.8 Å². The van der Waals surface area contributed by atoms with Crippen LogP contribution in [0.25, 0.3) is 0 Å². The van der Waals surface area contributed by atoms with Crippen LogP contribution in [0.4, 0.5) is 4.79 Å². The molecule has 1 saturated carbocycles. The molecular formula is C10H16O6S. The van der Waals surface area contributed by atoms with Crippen LogP contribution in [0.1, 0.15) is 32.1 Å². The van der Waals surface area contributed by atoms with Crippen LogP contribution in [-0.2, 0) is 23.8 Å². The lowest BCUT2D eigenvalue weighted by Gasteiger charge is -2.12. The largest absolute Gasteiger partial charge is 0.508 e. The van der Waals surface area contributed by atoms with Crippen molar-refractivity contribution in [2.75, 3.05) is 13.2 Å². The molecule has 7 heteroatoms. The zero-order chi connectivity index (χ0) is 12.3. The summed E-state index contributed by atoms with van der Waals surface area (Å²) in [5.74, 6) is 0. The van der Waals surface area contributed by atoms with Crippen molar-refractivity contribution in [1.29, 1.82) is 0 Å². The van der Waals surface area contributed by atoms with Crippen molar-refractivity contribution in [2.45, 2.75) is 43.5 Å². The van der Waals surface area contributed by atoms with E-state index in [0.717, 1.165) is 12.8 Å². The minimum atomic E-state index is -3.45. The molecule has 0 amide bonds. The lowest BCUT2D eigenvalue weighted by molar-refractivity contribution is 0.111. The van der Waals surface area contributed by atoms with Crippen LogP contribution in [-0.4, -0.2) is 39.1 Å². The Labute approximate surface area is 100 Å². The summed E-state index contributed by atoms with van der Waals surface area (Å²) in [7, 11) is -3.45. The first-order valence-corrected chi connectivity index (χ1v) is 7.27. The van der Waals surface area contributed by atoms with Crippen molar-refractivity contribution >= 4 is 16.3 Å². The summed E-state index contributed by atoms with van der Waals surface area (Å²) in [6.07, 6.45) is 2.52. The average molecular weight is 264 g/mol. The highest BCUT2D eigenvalue weighted by molar-refractivity contribution is 7.87. The Bertz CT molecular complexity index is 370. The number of hydrogen-bond donors (Lipinski definition) is 0. The maximum Gasteiger partial charge on any atom is 0.508 e. The summed E-state index contributed by atoms with van der Waals surface area (Å²) < 4.78 is 37.7. The predicted octanol–water partition coefficient (Wildman–Crippen LogP) is 1.20. The fourth-order valence-electron chi connectivity index (χ4n) is 2.08. The van der Waals surface area contributed by atoms with Crippen LogP contribution < -0.4 is 0 Å². The smallest absolute Gasteiger partial charge is 0.430 e.